The van der Waals surface area contributed by atoms with Crippen LogP contribution < -0.4 is 0 Å². The first-order valence-electron chi connectivity index (χ1n) is 13.1. The molecule has 0 aliphatic rings. The van der Waals surface area contributed by atoms with Crippen LogP contribution in [-0.2, 0) is 0 Å². The van der Waals surface area contributed by atoms with E-state index in [1.165, 1.54) is 0 Å². The highest BCUT2D eigenvalue weighted by molar-refractivity contribution is 6.11. The predicted octanol–water partition coefficient (Wildman–Crippen LogP) is 10.5. The van der Waals surface area contributed by atoms with Gasteiger partial charge in [0, 0.05) is 11.1 Å². The van der Waals surface area contributed by atoms with Gasteiger partial charge in [-0.25, -0.2) is 0 Å². The molecule has 4 aromatic rings. The van der Waals surface area contributed by atoms with Gasteiger partial charge in [0.1, 0.15) is 0 Å². The van der Waals surface area contributed by atoms with E-state index in [-0.39, 0.29) is 5.78 Å². The van der Waals surface area contributed by atoms with E-state index in [1.54, 1.807) is 0 Å². The lowest BCUT2D eigenvalue weighted by Gasteiger charge is -2.13. The summed E-state index contributed by atoms with van der Waals surface area (Å²) in [5.41, 5.74) is 9.33. The summed E-state index contributed by atoms with van der Waals surface area (Å²) < 4.78 is 0. The second-order valence-electron chi connectivity index (χ2n) is 8.56. The summed E-state index contributed by atoms with van der Waals surface area (Å²) in [5, 5.41) is 0. The summed E-state index contributed by atoms with van der Waals surface area (Å²) in [6.45, 7) is 15.9. The maximum atomic E-state index is 14.0. The molecule has 0 aromatic heterocycles. The van der Waals surface area contributed by atoms with Crippen LogP contribution in [0.3, 0.4) is 0 Å². The van der Waals surface area contributed by atoms with E-state index in [9.17, 15) is 4.79 Å². The van der Waals surface area contributed by atoms with Gasteiger partial charge < -0.3 is 0 Å². The Morgan fingerprint density at radius 3 is 1.18 bits per heavy atom. The van der Waals surface area contributed by atoms with Gasteiger partial charge in [0.15, 0.2) is 5.78 Å². The molecule has 4 rings (SSSR count). The summed E-state index contributed by atoms with van der Waals surface area (Å²) in [6.07, 6.45) is 7.69. The minimum atomic E-state index is -0.0212. The highest BCUT2D eigenvalue weighted by atomic mass is 16.1. The molecule has 0 radical (unpaired) electrons. The van der Waals surface area contributed by atoms with Gasteiger partial charge >= 0.3 is 0 Å². The first kappa shape index (κ1) is 28.1. The number of allylic oxidation sites excluding steroid dienone is 6. The van der Waals surface area contributed by atoms with E-state index in [4.69, 9.17) is 0 Å². The van der Waals surface area contributed by atoms with Crippen molar-refractivity contribution in [3.8, 4) is 22.3 Å². The number of carbonyl (C=O) groups excluding carboxylic acids is 1. The Labute approximate surface area is 228 Å². The number of hydrogen-bond acceptors (Lipinski definition) is 1. The fourth-order valence-corrected chi connectivity index (χ4v) is 4.42. The minimum absolute atomic E-state index is 0.0212. The molecule has 0 N–H and O–H groups in total. The van der Waals surface area contributed by atoms with E-state index in [1.807, 2.05) is 113 Å². The molecule has 0 bridgehead atoms. The molecule has 1 nitrogen and oxygen atoms in total. The molecule has 38 heavy (non-hydrogen) atoms. The zero-order chi connectivity index (χ0) is 27.5. The lowest BCUT2D eigenvalue weighted by atomic mass is 9.90. The van der Waals surface area contributed by atoms with Gasteiger partial charge in [0.25, 0.3) is 0 Å². The van der Waals surface area contributed by atoms with Crippen molar-refractivity contribution in [2.75, 3.05) is 0 Å². The van der Waals surface area contributed by atoms with Gasteiger partial charge in [-0.1, -0.05) is 112 Å². The summed E-state index contributed by atoms with van der Waals surface area (Å²) >= 11 is 0. The van der Waals surface area contributed by atoms with Crippen LogP contribution in [0.25, 0.3) is 33.4 Å². The maximum Gasteiger partial charge on any atom is 0.193 e. The van der Waals surface area contributed by atoms with Crippen molar-refractivity contribution in [2.45, 2.75) is 27.7 Å². The van der Waals surface area contributed by atoms with Crippen LogP contribution in [0, 0.1) is 0 Å². The Hall–Kier alpha value is -4.49. The monoisotopic (exact) mass is 496 g/mol. The average molecular weight is 497 g/mol. The standard InChI is InChI=1S/C35H30O.C2H6/c1-5-25(6-2)29-19-31(27-15-11-9-12-16-27)23-33(21-29)35(36)34-22-30(26(7-3)8-4)20-32(24-34)28-17-13-10-14-18-28;1-2/h5-24H,1,3H2,2,4H3;1-2H3/b25-6+,26-8+;. The first-order chi connectivity index (χ1) is 18.6. The lowest BCUT2D eigenvalue weighted by Crippen LogP contribution is -2.04. The highest BCUT2D eigenvalue weighted by Gasteiger charge is 2.16. The molecule has 0 saturated carbocycles. The molecule has 0 amide bonds. The van der Waals surface area contributed by atoms with E-state index in [2.05, 4.69) is 49.6 Å². The first-order valence-corrected chi connectivity index (χ1v) is 13.1. The van der Waals surface area contributed by atoms with Crippen molar-refractivity contribution in [3.63, 3.8) is 0 Å². The number of carbonyl (C=O) groups is 1. The van der Waals surface area contributed by atoms with Crippen molar-refractivity contribution >= 4 is 16.9 Å². The molecule has 0 aliphatic heterocycles. The molecule has 0 unspecified atom stereocenters. The molecule has 0 heterocycles. The van der Waals surface area contributed by atoms with Crippen molar-refractivity contribution in [1.82, 2.24) is 0 Å². The molecule has 0 saturated heterocycles. The van der Waals surface area contributed by atoms with Crippen LogP contribution in [-0.4, -0.2) is 5.78 Å². The summed E-state index contributed by atoms with van der Waals surface area (Å²) in [6, 6.07) is 32.4. The highest BCUT2D eigenvalue weighted by Crippen LogP contribution is 2.31. The number of hydrogen-bond donors (Lipinski definition) is 0. The lowest BCUT2D eigenvalue weighted by molar-refractivity contribution is 0.103. The summed E-state index contributed by atoms with van der Waals surface area (Å²) in [7, 11) is 0. The second-order valence-corrected chi connectivity index (χ2v) is 8.56. The van der Waals surface area contributed by atoms with Gasteiger partial charge in [-0.2, -0.15) is 0 Å². The number of benzene rings is 4. The Balaban J connectivity index is 0.00000195. The SMILES string of the molecule is C=C/C(=C\C)c1cc(C(=O)c2cc(/C(C=C)=C/C)cc(-c3ccccc3)c2)cc(-c2ccccc2)c1.CC. The molecule has 1 heteroatoms. The molecule has 0 atom stereocenters. The van der Waals surface area contributed by atoms with Crippen LogP contribution in [0.4, 0.5) is 0 Å². The molecule has 4 aromatic carbocycles. The zero-order valence-corrected chi connectivity index (χ0v) is 22.9. The Bertz CT molecular complexity index is 1360. The Morgan fingerprint density at radius 1 is 0.526 bits per heavy atom. The van der Waals surface area contributed by atoms with E-state index in [0.717, 1.165) is 44.5 Å². The van der Waals surface area contributed by atoms with Crippen LogP contribution in [0.1, 0.15) is 54.7 Å². The summed E-state index contributed by atoms with van der Waals surface area (Å²) in [5.74, 6) is -0.0212. The van der Waals surface area contributed by atoms with E-state index >= 15 is 0 Å². The van der Waals surface area contributed by atoms with Crippen LogP contribution >= 0.6 is 0 Å². The normalized spacial score (nSPS) is 11.3. The largest absolute Gasteiger partial charge is 0.289 e. The molecule has 0 spiro atoms. The Morgan fingerprint density at radius 2 is 0.868 bits per heavy atom. The molecule has 190 valence electrons. The molecule has 0 fully saturated rings. The topological polar surface area (TPSA) is 17.1 Å². The van der Waals surface area contributed by atoms with Crippen molar-refractivity contribution in [3.05, 3.63) is 157 Å². The third-order valence-corrected chi connectivity index (χ3v) is 6.33. The van der Waals surface area contributed by atoms with E-state index in [0.29, 0.717) is 11.1 Å². The van der Waals surface area contributed by atoms with Gasteiger partial charge in [0.2, 0.25) is 0 Å². The van der Waals surface area contributed by atoms with Crippen molar-refractivity contribution < 1.29 is 4.79 Å². The molecular weight excluding hydrogens is 460 g/mol. The molecular formula is C37H36O. The quantitative estimate of drug-likeness (QED) is 0.175. The maximum absolute atomic E-state index is 14.0. The third-order valence-electron chi connectivity index (χ3n) is 6.33. The van der Waals surface area contributed by atoms with Crippen LogP contribution in [0.2, 0.25) is 0 Å². The predicted molar refractivity (Wildman–Crippen MR) is 166 cm³/mol. The van der Waals surface area contributed by atoms with Crippen molar-refractivity contribution in [2.24, 2.45) is 0 Å². The average Bonchev–Trinajstić information content (AvgIpc) is 2.99. The second kappa shape index (κ2) is 13.7. The summed E-state index contributed by atoms with van der Waals surface area (Å²) in [4.78, 5) is 14.0. The van der Waals surface area contributed by atoms with E-state index < -0.39 is 0 Å². The fraction of sp³-hybridized carbons (Fsp3) is 0.108. The third kappa shape index (κ3) is 6.44. The minimum Gasteiger partial charge on any atom is -0.289 e. The van der Waals surface area contributed by atoms with Gasteiger partial charge in [-0.15, -0.1) is 0 Å². The van der Waals surface area contributed by atoms with Crippen LogP contribution in [0.15, 0.2) is 135 Å². The number of rotatable bonds is 8. The van der Waals surface area contributed by atoms with Crippen LogP contribution in [0.5, 0.6) is 0 Å². The zero-order valence-electron chi connectivity index (χ0n) is 22.9. The Kier molecular flexibility index (Phi) is 10.1. The smallest absolute Gasteiger partial charge is 0.193 e. The van der Waals surface area contributed by atoms with Gasteiger partial charge in [-0.05, 0) is 94.8 Å². The molecule has 0 aliphatic carbocycles. The van der Waals surface area contributed by atoms with Crippen molar-refractivity contribution in [1.29, 1.82) is 0 Å². The fourth-order valence-electron chi connectivity index (χ4n) is 4.42. The van der Waals surface area contributed by atoms with Gasteiger partial charge in [0.05, 0.1) is 0 Å². The number of ketones is 1. The van der Waals surface area contributed by atoms with Gasteiger partial charge in [-0.3, -0.25) is 4.79 Å².